The van der Waals surface area contributed by atoms with Crippen molar-refractivity contribution in [3.05, 3.63) is 10.6 Å². The van der Waals surface area contributed by atoms with Gasteiger partial charge in [0.1, 0.15) is 4.88 Å². The van der Waals surface area contributed by atoms with E-state index in [4.69, 9.17) is 0 Å². The van der Waals surface area contributed by atoms with Crippen LogP contribution >= 0.6 is 11.3 Å². The topological polar surface area (TPSA) is 42.4 Å². The second-order valence-electron chi connectivity index (χ2n) is 2.80. The molecule has 0 fully saturated rings. The van der Waals surface area contributed by atoms with Crippen LogP contribution < -0.4 is 4.90 Å². The molecule has 0 amide bonds. The van der Waals surface area contributed by atoms with Crippen LogP contribution in [0.1, 0.15) is 15.4 Å². The average molecular weight is 200 g/mol. The first-order valence-corrected chi connectivity index (χ1v) is 4.61. The Morgan fingerprint density at radius 2 is 2.15 bits per heavy atom. The Hall–Kier alpha value is -1.10. The Labute approximate surface area is 81.2 Å². The molecule has 0 saturated carbocycles. The van der Waals surface area contributed by atoms with Gasteiger partial charge >= 0.3 is 5.97 Å². The van der Waals surface area contributed by atoms with E-state index >= 15 is 0 Å². The van der Waals surface area contributed by atoms with Gasteiger partial charge in [0.25, 0.3) is 0 Å². The summed E-state index contributed by atoms with van der Waals surface area (Å²) < 4.78 is 4.62. The quantitative estimate of drug-likeness (QED) is 0.675. The lowest BCUT2D eigenvalue weighted by atomic mass is 10.4. The molecule has 72 valence electrons. The number of carbonyl (C=O) groups is 1. The number of esters is 1. The number of methoxy groups -OCH3 is 1. The normalized spacial score (nSPS) is 9.85. The van der Waals surface area contributed by atoms with Crippen LogP contribution in [0.3, 0.4) is 0 Å². The number of carbonyl (C=O) groups excluding carboxylic acids is 1. The van der Waals surface area contributed by atoms with Gasteiger partial charge in [-0.1, -0.05) is 11.3 Å². The molecule has 0 aliphatic heterocycles. The minimum atomic E-state index is -0.317. The first-order valence-electron chi connectivity index (χ1n) is 3.79. The van der Waals surface area contributed by atoms with E-state index in [1.165, 1.54) is 18.4 Å². The molecule has 0 atom stereocenters. The second kappa shape index (κ2) is 3.74. The van der Waals surface area contributed by atoms with Crippen LogP contribution in [0.5, 0.6) is 0 Å². The third kappa shape index (κ3) is 1.98. The molecule has 4 nitrogen and oxygen atoms in total. The first-order chi connectivity index (χ1) is 6.06. The van der Waals surface area contributed by atoms with Crippen LogP contribution in [-0.2, 0) is 4.74 Å². The molecule has 1 aromatic heterocycles. The molecule has 5 heteroatoms. The number of rotatable bonds is 2. The SMILES string of the molecule is COC(=O)c1sc(N(C)C)nc1C. The smallest absolute Gasteiger partial charge is 0.350 e. The molecule has 0 spiro atoms. The van der Waals surface area contributed by atoms with Crippen molar-refractivity contribution in [1.82, 2.24) is 4.98 Å². The zero-order chi connectivity index (χ0) is 10.0. The Kier molecular flexibility index (Phi) is 2.87. The Balaban J connectivity index is 3.03. The van der Waals surface area contributed by atoms with Crippen LogP contribution in [0, 0.1) is 6.92 Å². The van der Waals surface area contributed by atoms with Crippen molar-refractivity contribution < 1.29 is 9.53 Å². The van der Waals surface area contributed by atoms with Gasteiger partial charge in [0.2, 0.25) is 0 Å². The number of anilines is 1. The fourth-order valence-corrected chi connectivity index (χ4v) is 1.76. The number of nitrogens with zero attached hydrogens (tertiary/aromatic N) is 2. The average Bonchev–Trinajstić information content (AvgIpc) is 2.46. The van der Waals surface area contributed by atoms with Gasteiger partial charge in [-0.3, -0.25) is 0 Å². The van der Waals surface area contributed by atoms with E-state index in [9.17, 15) is 4.79 Å². The van der Waals surface area contributed by atoms with E-state index in [0.717, 1.165) is 10.8 Å². The van der Waals surface area contributed by atoms with Crippen molar-refractivity contribution in [2.45, 2.75) is 6.92 Å². The van der Waals surface area contributed by atoms with Crippen LogP contribution in [0.25, 0.3) is 0 Å². The van der Waals surface area contributed by atoms with E-state index in [0.29, 0.717) is 4.88 Å². The summed E-state index contributed by atoms with van der Waals surface area (Å²) >= 11 is 1.34. The standard InChI is InChI=1S/C8H12N2O2S/c1-5-6(7(11)12-4)13-8(9-5)10(2)3/h1-4H3. The molecule has 0 radical (unpaired) electrons. The molecule has 1 aromatic rings. The molecule has 0 aromatic carbocycles. The van der Waals surface area contributed by atoms with Crippen LogP contribution in [-0.4, -0.2) is 32.2 Å². The number of hydrogen-bond donors (Lipinski definition) is 0. The number of ether oxygens (including phenoxy) is 1. The van der Waals surface area contributed by atoms with E-state index in [-0.39, 0.29) is 5.97 Å². The maximum absolute atomic E-state index is 11.2. The summed E-state index contributed by atoms with van der Waals surface area (Å²) in [6.07, 6.45) is 0. The van der Waals surface area contributed by atoms with Gasteiger partial charge in [0.15, 0.2) is 5.13 Å². The highest BCUT2D eigenvalue weighted by Crippen LogP contribution is 2.24. The molecule has 0 aliphatic carbocycles. The van der Waals surface area contributed by atoms with Crippen molar-refractivity contribution in [2.24, 2.45) is 0 Å². The van der Waals surface area contributed by atoms with Crippen molar-refractivity contribution in [3.63, 3.8) is 0 Å². The molecular formula is C8H12N2O2S. The fourth-order valence-electron chi connectivity index (χ4n) is 0.856. The van der Waals surface area contributed by atoms with Gasteiger partial charge in [-0.15, -0.1) is 0 Å². The van der Waals surface area contributed by atoms with Gasteiger partial charge in [0.05, 0.1) is 12.8 Å². The van der Waals surface area contributed by atoms with Crippen molar-refractivity contribution >= 4 is 22.4 Å². The fraction of sp³-hybridized carbons (Fsp3) is 0.500. The van der Waals surface area contributed by atoms with Crippen molar-refractivity contribution in [1.29, 1.82) is 0 Å². The molecule has 0 unspecified atom stereocenters. The molecule has 0 saturated heterocycles. The predicted molar refractivity (Wildman–Crippen MR) is 52.5 cm³/mol. The molecule has 0 N–H and O–H groups in total. The molecule has 1 rings (SSSR count). The van der Waals surface area contributed by atoms with Gasteiger partial charge < -0.3 is 9.64 Å². The summed E-state index contributed by atoms with van der Waals surface area (Å²) in [7, 11) is 5.15. The van der Waals surface area contributed by atoms with Gasteiger partial charge in [0, 0.05) is 14.1 Å². The lowest BCUT2D eigenvalue weighted by Crippen LogP contribution is -2.07. The monoisotopic (exact) mass is 200 g/mol. The number of hydrogen-bond acceptors (Lipinski definition) is 5. The largest absolute Gasteiger partial charge is 0.465 e. The molecule has 0 bridgehead atoms. The van der Waals surface area contributed by atoms with Crippen LogP contribution in [0.4, 0.5) is 5.13 Å². The van der Waals surface area contributed by atoms with E-state index < -0.39 is 0 Å². The summed E-state index contributed by atoms with van der Waals surface area (Å²) in [6, 6.07) is 0. The molecule has 1 heterocycles. The summed E-state index contributed by atoms with van der Waals surface area (Å²) in [6.45, 7) is 1.80. The number of aromatic nitrogens is 1. The lowest BCUT2D eigenvalue weighted by Gasteiger charge is -2.04. The predicted octanol–water partition coefficient (Wildman–Crippen LogP) is 1.30. The van der Waals surface area contributed by atoms with Gasteiger partial charge in [-0.2, -0.15) is 0 Å². The molecule has 0 aliphatic rings. The van der Waals surface area contributed by atoms with E-state index in [1.54, 1.807) is 6.92 Å². The number of aryl methyl sites for hydroxylation is 1. The maximum Gasteiger partial charge on any atom is 0.350 e. The van der Waals surface area contributed by atoms with Crippen molar-refractivity contribution in [2.75, 3.05) is 26.1 Å². The van der Waals surface area contributed by atoms with Crippen molar-refractivity contribution in [3.8, 4) is 0 Å². The Morgan fingerprint density at radius 3 is 2.54 bits per heavy atom. The van der Waals surface area contributed by atoms with E-state index in [2.05, 4.69) is 9.72 Å². The Morgan fingerprint density at radius 1 is 1.54 bits per heavy atom. The van der Waals surface area contributed by atoms with Gasteiger partial charge in [-0.25, -0.2) is 9.78 Å². The minimum absolute atomic E-state index is 0.317. The molecular weight excluding hydrogens is 188 g/mol. The van der Waals surface area contributed by atoms with E-state index in [1.807, 2.05) is 19.0 Å². The second-order valence-corrected chi connectivity index (χ2v) is 3.77. The maximum atomic E-state index is 11.2. The summed E-state index contributed by atoms with van der Waals surface area (Å²) in [4.78, 5) is 17.9. The highest BCUT2D eigenvalue weighted by Gasteiger charge is 2.15. The van der Waals surface area contributed by atoms with Crippen LogP contribution in [0.15, 0.2) is 0 Å². The zero-order valence-electron chi connectivity index (χ0n) is 8.12. The third-order valence-electron chi connectivity index (χ3n) is 1.54. The number of thiazole rings is 1. The summed E-state index contributed by atoms with van der Waals surface area (Å²) in [5.41, 5.74) is 0.723. The first kappa shape index (κ1) is 9.98. The summed E-state index contributed by atoms with van der Waals surface area (Å²) in [5.74, 6) is -0.317. The Bertz CT molecular complexity index is 320. The summed E-state index contributed by atoms with van der Waals surface area (Å²) in [5, 5.41) is 0.818. The molecule has 13 heavy (non-hydrogen) atoms. The van der Waals surface area contributed by atoms with Gasteiger partial charge in [-0.05, 0) is 6.92 Å². The zero-order valence-corrected chi connectivity index (χ0v) is 8.94. The minimum Gasteiger partial charge on any atom is -0.465 e. The highest BCUT2D eigenvalue weighted by molar-refractivity contribution is 7.17. The third-order valence-corrected chi connectivity index (χ3v) is 2.84. The highest BCUT2D eigenvalue weighted by atomic mass is 32.1. The lowest BCUT2D eigenvalue weighted by molar-refractivity contribution is 0.0605. The van der Waals surface area contributed by atoms with Crippen LogP contribution in [0.2, 0.25) is 0 Å².